The fourth-order valence-corrected chi connectivity index (χ4v) is 2.49. The van der Waals surface area contributed by atoms with Crippen molar-refractivity contribution in [1.29, 1.82) is 0 Å². The molecule has 0 aliphatic carbocycles. The number of hydrogen-bond acceptors (Lipinski definition) is 3. The van der Waals surface area contributed by atoms with Gasteiger partial charge in [-0.25, -0.2) is 4.79 Å². The van der Waals surface area contributed by atoms with Crippen molar-refractivity contribution in [1.82, 2.24) is 0 Å². The number of carboxylic acid groups (broad SMARTS) is 1. The Kier molecular flexibility index (Phi) is 3.87. The fourth-order valence-electron chi connectivity index (χ4n) is 1.56. The smallest absolute Gasteiger partial charge is 0.348 e. The second kappa shape index (κ2) is 5.42. The zero-order valence-corrected chi connectivity index (χ0v) is 11.5. The van der Waals surface area contributed by atoms with E-state index in [0.29, 0.717) is 16.3 Å². The van der Waals surface area contributed by atoms with E-state index in [2.05, 4.69) is 5.32 Å². The summed E-state index contributed by atoms with van der Waals surface area (Å²) in [5.41, 5.74) is 0.736. The van der Waals surface area contributed by atoms with Crippen LogP contribution in [0.15, 0.2) is 30.3 Å². The average molecular weight is 296 g/mol. The maximum absolute atomic E-state index is 12.0. The number of nitrogens with one attached hydrogen (secondary N) is 1. The topological polar surface area (TPSA) is 66.4 Å². The van der Waals surface area contributed by atoms with Crippen molar-refractivity contribution >= 4 is 40.5 Å². The molecule has 0 spiro atoms. The molecule has 2 aromatic rings. The van der Waals surface area contributed by atoms with Crippen LogP contribution in [0.4, 0.5) is 5.69 Å². The SMILES string of the molecule is Cc1cc(NC(=O)c2ccc(Cl)cc2)c(C(=O)O)s1. The lowest BCUT2D eigenvalue weighted by molar-refractivity contribution is 0.0703. The number of rotatable bonds is 3. The zero-order chi connectivity index (χ0) is 14.0. The van der Waals surface area contributed by atoms with E-state index in [9.17, 15) is 9.59 Å². The van der Waals surface area contributed by atoms with E-state index in [1.54, 1.807) is 37.3 Å². The molecular formula is C13H10ClNO3S. The molecule has 1 aromatic heterocycles. The Labute approximate surface area is 118 Å². The third-order valence-corrected chi connectivity index (χ3v) is 3.69. The number of aryl methyl sites for hydroxylation is 1. The summed E-state index contributed by atoms with van der Waals surface area (Å²) in [5.74, 6) is -1.42. The molecule has 2 rings (SSSR count). The number of carboxylic acids is 1. The van der Waals surface area contributed by atoms with Crippen molar-refractivity contribution in [3.05, 3.63) is 50.7 Å². The molecule has 98 valence electrons. The molecule has 0 fully saturated rings. The number of thiophene rings is 1. The lowest BCUT2D eigenvalue weighted by atomic mass is 10.2. The minimum atomic E-state index is -1.05. The molecule has 19 heavy (non-hydrogen) atoms. The largest absolute Gasteiger partial charge is 0.477 e. The number of carbonyl (C=O) groups is 2. The van der Waals surface area contributed by atoms with Crippen molar-refractivity contribution in [2.75, 3.05) is 5.32 Å². The molecule has 0 aliphatic heterocycles. The Morgan fingerprint density at radius 2 is 1.89 bits per heavy atom. The summed E-state index contributed by atoms with van der Waals surface area (Å²) in [6.07, 6.45) is 0. The first-order valence-electron chi connectivity index (χ1n) is 5.38. The molecule has 1 amide bonds. The number of aromatic carboxylic acids is 1. The van der Waals surface area contributed by atoms with Gasteiger partial charge in [0.15, 0.2) is 0 Å². The number of benzene rings is 1. The third-order valence-electron chi connectivity index (χ3n) is 2.40. The molecule has 0 radical (unpaired) electrons. The first kappa shape index (κ1) is 13.6. The van der Waals surface area contributed by atoms with Crippen LogP contribution in [0.2, 0.25) is 5.02 Å². The number of hydrogen-bond donors (Lipinski definition) is 2. The predicted octanol–water partition coefficient (Wildman–Crippen LogP) is 3.66. The maximum atomic E-state index is 12.0. The molecule has 0 saturated carbocycles. The molecule has 0 unspecified atom stereocenters. The van der Waals surface area contributed by atoms with Gasteiger partial charge in [-0.2, -0.15) is 0 Å². The molecule has 1 heterocycles. The number of halogens is 1. The van der Waals surface area contributed by atoms with Crippen LogP contribution >= 0.6 is 22.9 Å². The van der Waals surface area contributed by atoms with Crippen LogP contribution in [0, 0.1) is 6.92 Å². The van der Waals surface area contributed by atoms with Gasteiger partial charge in [0.25, 0.3) is 5.91 Å². The van der Waals surface area contributed by atoms with Crippen LogP contribution in [0.1, 0.15) is 24.9 Å². The van der Waals surface area contributed by atoms with Crippen molar-refractivity contribution in [3.63, 3.8) is 0 Å². The highest BCUT2D eigenvalue weighted by Crippen LogP contribution is 2.27. The van der Waals surface area contributed by atoms with Crippen LogP contribution in [-0.2, 0) is 0 Å². The Hall–Kier alpha value is -1.85. The van der Waals surface area contributed by atoms with E-state index >= 15 is 0 Å². The Balaban J connectivity index is 2.24. The molecule has 1 aromatic carbocycles. The van der Waals surface area contributed by atoms with Gasteiger partial charge in [0.1, 0.15) is 4.88 Å². The monoisotopic (exact) mass is 295 g/mol. The normalized spacial score (nSPS) is 10.2. The summed E-state index contributed by atoms with van der Waals surface area (Å²) in [6, 6.07) is 8.01. The summed E-state index contributed by atoms with van der Waals surface area (Å²) >= 11 is 6.87. The Morgan fingerprint density at radius 3 is 2.47 bits per heavy atom. The Morgan fingerprint density at radius 1 is 1.26 bits per heavy atom. The standard InChI is InChI=1S/C13H10ClNO3S/c1-7-6-10(11(19-7)13(17)18)15-12(16)8-2-4-9(14)5-3-8/h2-6H,1H3,(H,15,16)(H,17,18). The summed E-state index contributed by atoms with van der Waals surface area (Å²) < 4.78 is 0. The van der Waals surface area contributed by atoms with Crippen LogP contribution in [0.5, 0.6) is 0 Å². The highest BCUT2D eigenvalue weighted by molar-refractivity contribution is 7.14. The van der Waals surface area contributed by atoms with Crippen LogP contribution in [0.25, 0.3) is 0 Å². The van der Waals surface area contributed by atoms with Crippen LogP contribution in [-0.4, -0.2) is 17.0 Å². The first-order valence-corrected chi connectivity index (χ1v) is 6.57. The maximum Gasteiger partial charge on any atom is 0.348 e. The number of anilines is 1. The fraction of sp³-hybridized carbons (Fsp3) is 0.0769. The molecule has 0 aliphatic rings. The molecule has 6 heteroatoms. The summed E-state index contributed by atoms with van der Waals surface area (Å²) in [6.45, 7) is 1.79. The summed E-state index contributed by atoms with van der Waals surface area (Å²) in [4.78, 5) is 24.0. The van der Waals surface area contributed by atoms with E-state index in [-0.39, 0.29) is 10.8 Å². The van der Waals surface area contributed by atoms with E-state index in [1.165, 1.54) is 0 Å². The molecule has 0 saturated heterocycles. The van der Waals surface area contributed by atoms with Gasteiger partial charge in [-0.15, -0.1) is 11.3 Å². The van der Waals surface area contributed by atoms with Gasteiger partial charge >= 0.3 is 5.97 Å². The average Bonchev–Trinajstić information content (AvgIpc) is 2.71. The van der Waals surface area contributed by atoms with Gasteiger partial charge in [0, 0.05) is 15.5 Å². The minimum Gasteiger partial charge on any atom is -0.477 e. The predicted molar refractivity (Wildman–Crippen MR) is 75.4 cm³/mol. The minimum absolute atomic E-state index is 0.125. The second-order valence-corrected chi connectivity index (χ2v) is 5.56. The van der Waals surface area contributed by atoms with E-state index in [1.807, 2.05) is 0 Å². The van der Waals surface area contributed by atoms with Crippen LogP contribution < -0.4 is 5.32 Å². The molecule has 2 N–H and O–H groups in total. The van der Waals surface area contributed by atoms with E-state index < -0.39 is 5.97 Å². The highest BCUT2D eigenvalue weighted by Gasteiger charge is 2.16. The summed E-state index contributed by atoms with van der Waals surface area (Å²) in [5, 5.41) is 12.2. The first-order chi connectivity index (χ1) is 8.97. The van der Waals surface area contributed by atoms with Gasteiger partial charge in [0.2, 0.25) is 0 Å². The van der Waals surface area contributed by atoms with Crippen molar-refractivity contribution < 1.29 is 14.7 Å². The zero-order valence-electron chi connectivity index (χ0n) is 9.94. The van der Waals surface area contributed by atoms with Gasteiger partial charge in [0.05, 0.1) is 5.69 Å². The van der Waals surface area contributed by atoms with Crippen LogP contribution in [0.3, 0.4) is 0 Å². The molecule has 0 bridgehead atoms. The molecule has 0 atom stereocenters. The van der Waals surface area contributed by atoms with Gasteiger partial charge in [-0.05, 0) is 37.3 Å². The third kappa shape index (κ3) is 3.13. The lowest BCUT2D eigenvalue weighted by Crippen LogP contribution is -2.13. The lowest BCUT2D eigenvalue weighted by Gasteiger charge is -2.04. The number of carbonyl (C=O) groups excluding carboxylic acids is 1. The van der Waals surface area contributed by atoms with E-state index in [4.69, 9.17) is 16.7 Å². The molecular weight excluding hydrogens is 286 g/mol. The van der Waals surface area contributed by atoms with Crippen molar-refractivity contribution in [3.8, 4) is 0 Å². The second-order valence-electron chi connectivity index (χ2n) is 3.87. The number of amides is 1. The highest BCUT2D eigenvalue weighted by atomic mass is 35.5. The van der Waals surface area contributed by atoms with Crippen molar-refractivity contribution in [2.24, 2.45) is 0 Å². The Bertz CT molecular complexity index is 634. The molecule has 4 nitrogen and oxygen atoms in total. The van der Waals surface area contributed by atoms with Crippen molar-refractivity contribution in [2.45, 2.75) is 6.92 Å². The van der Waals surface area contributed by atoms with Gasteiger partial charge in [-0.3, -0.25) is 4.79 Å². The summed E-state index contributed by atoms with van der Waals surface area (Å²) in [7, 11) is 0. The van der Waals surface area contributed by atoms with Gasteiger partial charge < -0.3 is 10.4 Å². The quantitative estimate of drug-likeness (QED) is 0.908. The van der Waals surface area contributed by atoms with E-state index in [0.717, 1.165) is 16.2 Å². The van der Waals surface area contributed by atoms with Gasteiger partial charge in [-0.1, -0.05) is 11.6 Å².